The normalized spacial score (nSPS) is 19.8. The fraction of sp³-hybridized carbons (Fsp3) is 0.462. The van der Waals surface area contributed by atoms with Crippen LogP contribution in [-0.2, 0) is 4.74 Å². The number of hydrogen-bond donors (Lipinski definition) is 1. The predicted molar refractivity (Wildman–Crippen MR) is 74.9 cm³/mol. The molecule has 2 rings (SSSR count). The molecule has 1 N–H and O–H groups in total. The Morgan fingerprint density at radius 2 is 2.28 bits per heavy atom. The molecular formula is C13H17BrN2O2. The van der Waals surface area contributed by atoms with Crippen molar-refractivity contribution in [3.8, 4) is 0 Å². The van der Waals surface area contributed by atoms with Crippen LogP contribution >= 0.6 is 15.9 Å². The Hall–Kier alpha value is -1.07. The minimum atomic E-state index is -0.261. The van der Waals surface area contributed by atoms with Gasteiger partial charge < -0.3 is 10.1 Å². The second kappa shape index (κ2) is 6.20. The zero-order valence-electron chi connectivity index (χ0n) is 10.4. The van der Waals surface area contributed by atoms with Crippen LogP contribution in [0.15, 0.2) is 28.7 Å². The van der Waals surface area contributed by atoms with E-state index in [2.05, 4.69) is 21.2 Å². The number of cyclic esters (lactones) is 1. The quantitative estimate of drug-likeness (QED) is 0.929. The lowest BCUT2D eigenvalue weighted by Gasteiger charge is -2.32. The summed E-state index contributed by atoms with van der Waals surface area (Å²) in [5.41, 5.74) is 0.872. The number of ether oxygens (including phenoxy) is 1. The Kier molecular flexibility index (Phi) is 4.60. The van der Waals surface area contributed by atoms with E-state index in [-0.39, 0.29) is 6.09 Å². The lowest BCUT2D eigenvalue weighted by Crippen LogP contribution is -2.44. The van der Waals surface area contributed by atoms with E-state index >= 15 is 0 Å². The average Bonchev–Trinajstić information content (AvgIpc) is 2.39. The molecule has 0 aromatic heterocycles. The van der Waals surface area contributed by atoms with Crippen molar-refractivity contribution in [2.24, 2.45) is 5.92 Å². The highest BCUT2D eigenvalue weighted by atomic mass is 79.9. The molecule has 1 aliphatic heterocycles. The van der Waals surface area contributed by atoms with Crippen LogP contribution in [0.5, 0.6) is 0 Å². The van der Waals surface area contributed by atoms with Crippen LogP contribution in [0, 0.1) is 5.92 Å². The molecule has 98 valence electrons. The fourth-order valence-corrected chi connectivity index (χ4v) is 2.54. The summed E-state index contributed by atoms with van der Waals surface area (Å²) in [5.74, 6) is 0.377. The van der Waals surface area contributed by atoms with Gasteiger partial charge in [-0.2, -0.15) is 0 Å². The Bertz CT molecular complexity index is 425. The molecular weight excluding hydrogens is 296 g/mol. The minimum Gasteiger partial charge on any atom is -0.449 e. The predicted octanol–water partition coefficient (Wildman–Crippen LogP) is 2.63. The van der Waals surface area contributed by atoms with Gasteiger partial charge in [-0.15, -0.1) is 0 Å². The Balaban J connectivity index is 2.10. The third-order valence-corrected chi connectivity index (χ3v) is 3.72. The molecule has 0 spiro atoms. The lowest BCUT2D eigenvalue weighted by atomic mass is 10.0. The van der Waals surface area contributed by atoms with Crippen LogP contribution in [0.4, 0.5) is 10.5 Å². The highest BCUT2D eigenvalue weighted by Gasteiger charge is 2.28. The van der Waals surface area contributed by atoms with E-state index in [4.69, 9.17) is 4.74 Å². The maximum atomic E-state index is 11.8. The first-order valence-electron chi connectivity index (χ1n) is 6.05. The molecule has 1 amide bonds. The van der Waals surface area contributed by atoms with Crippen molar-refractivity contribution in [3.63, 3.8) is 0 Å². The van der Waals surface area contributed by atoms with Crippen molar-refractivity contribution in [1.29, 1.82) is 0 Å². The van der Waals surface area contributed by atoms with Gasteiger partial charge in [-0.05, 0) is 48.1 Å². The van der Waals surface area contributed by atoms with Gasteiger partial charge in [-0.1, -0.05) is 12.1 Å². The molecule has 1 fully saturated rings. The van der Waals surface area contributed by atoms with Crippen LogP contribution in [0.25, 0.3) is 0 Å². The number of benzene rings is 1. The van der Waals surface area contributed by atoms with E-state index in [0.29, 0.717) is 19.1 Å². The summed E-state index contributed by atoms with van der Waals surface area (Å²) in [4.78, 5) is 13.5. The van der Waals surface area contributed by atoms with Crippen molar-refractivity contribution >= 4 is 27.7 Å². The van der Waals surface area contributed by atoms with Gasteiger partial charge in [0, 0.05) is 16.9 Å². The Morgan fingerprint density at radius 1 is 1.50 bits per heavy atom. The summed E-state index contributed by atoms with van der Waals surface area (Å²) in [7, 11) is 1.93. The second-order valence-electron chi connectivity index (χ2n) is 4.40. The van der Waals surface area contributed by atoms with Crippen molar-refractivity contribution < 1.29 is 9.53 Å². The van der Waals surface area contributed by atoms with Gasteiger partial charge in [0.25, 0.3) is 0 Å². The molecule has 5 heteroatoms. The average molecular weight is 313 g/mol. The highest BCUT2D eigenvalue weighted by molar-refractivity contribution is 9.10. The molecule has 18 heavy (non-hydrogen) atoms. The van der Waals surface area contributed by atoms with E-state index < -0.39 is 0 Å². The minimum absolute atomic E-state index is 0.261. The first-order chi connectivity index (χ1) is 8.72. The Labute approximate surface area is 115 Å². The number of anilines is 1. The first-order valence-corrected chi connectivity index (χ1v) is 6.85. The summed E-state index contributed by atoms with van der Waals surface area (Å²) in [5, 5.41) is 3.12. The van der Waals surface area contributed by atoms with Crippen molar-refractivity contribution in [2.45, 2.75) is 6.42 Å². The molecule has 1 unspecified atom stereocenters. The summed E-state index contributed by atoms with van der Waals surface area (Å²) in [6.45, 7) is 2.16. The molecule has 0 bridgehead atoms. The van der Waals surface area contributed by atoms with Gasteiger partial charge in [0.1, 0.15) is 0 Å². The van der Waals surface area contributed by atoms with Gasteiger partial charge in [-0.3, -0.25) is 4.90 Å². The highest BCUT2D eigenvalue weighted by Crippen LogP contribution is 2.29. The zero-order chi connectivity index (χ0) is 13.0. The van der Waals surface area contributed by atoms with Gasteiger partial charge in [0.15, 0.2) is 0 Å². The number of amides is 1. The van der Waals surface area contributed by atoms with Crippen molar-refractivity contribution in [1.82, 2.24) is 5.32 Å². The number of carbonyl (C=O) groups is 1. The van der Waals surface area contributed by atoms with Crippen molar-refractivity contribution in [3.05, 3.63) is 28.7 Å². The standard InChI is InChI=1S/C13H17BrN2O2/c1-15-7-6-10-8-16(13(17)18-9-10)12-5-3-2-4-11(12)14/h2-5,10,15H,6-9H2,1H3. The van der Waals surface area contributed by atoms with E-state index in [1.54, 1.807) is 4.90 Å². The smallest absolute Gasteiger partial charge is 0.414 e. The van der Waals surface area contributed by atoms with Crippen LogP contribution in [0.1, 0.15) is 6.42 Å². The fourth-order valence-electron chi connectivity index (χ4n) is 2.04. The van der Waals surface area contributed by atoms with Gasteiger partial charge >= 0.3 is 6.09 Å². The number of rotatable bonds is 4. The van der Waals surface area contributed by atoms with E-state index in [0.717, 1.165) is 23.1 Å². The molecule has 1 heterocycles. The molecule has 0 radical (unpaired) electrons. The van der Waals surface area contributed by atoms with Crippen LogP contribution in [0.3, 0.4) is 0 Å². The number of carbonyl (C=O) groups excluding carboxylic acids is 1. The number of nitrogens with one attached hydrogen (secondary N) is 1. The lowest BCUT2D eigenvalue weighted by molar-refractivity contribution is 0.112. The van der Waals surface area contributed by atoms with Gasteiger partial charge in [0.2, 0.25) is 0 Å². The molecule has 0 aliphatic carbocycles. The van der Waals surface area contributed by atoms with Crippen molar-refractivity contribution in [2.75, 3.05) is 31.6 Å². The maximum absolute atomic E-state index is 11.8. The van der Waals surface area contributed by atoms with Gasteiger partial charge in [0.05, 0.1) is 12.3 Å². The first kappa shape index (κ1) is 13.4. The maximum Gasteiger partial charge on any atom is 0.414 e. The number of hydrogen-bond acceptors (Lipinski definition) is 3. The number of halogens is 1. The molecule has 1 atom stereocenters. The van der Waals surface area contributed by atoms with E-state index in [9.17, 15) is 4.79 Å². The number of para-hydroxylation sites is 1. The molecule has 4 nitrogen and oxygen atoms in total. The Morgan fingerprint density at radius 3 is 3.00 bits per heavy atom. The topological polar surface area (TPSA) is 41.6 Å². The number of nitrogens with zero attached hydrogens (tertiary/aromatic N) is 1. The molecule has 1 aliphatic rings. The van der Waals surface area contributed by atoms with Crippen LogP contribution < -0.4 is 10.2 Å². The second-order valence-corrected chi connectivity index (χ2v) is 5.25. The third kappa shape index (κ3) is 3.03. The third-order valence-electron chi connectivity index (χ3n) is 3.05. The summed E-state index contributed by atoms with van der Waals surface area (Å²) in [6, 6.07) is 7.71. The summed E-state index contributed by atoms with van der Waals surface area (Å²) < 4.78 is 6.16. The summed E-state index contributed by atoms with van der Waals surface area (Å²) in [6.07, 6.45) is 0.743. The largest absolute Gasteiger partial charge is 0.449 e. The van der Waals surface area contributed by atoms with Gasteiger partial charge in [-0.25, -0.2) is 4.79 Å². The molecule has 1 aromatic rings. The zero-order valence-corrected chi connectivity index (χ0v) is 11.9. The van der Waals surface area contributed by atoms with E-state index in [1.165, 1.54) is 0 Å². The van der Waals surface area contributed by atoms with E-state index in [1.807, 2.05) is 31.3 Å². The molecule has 1 saturated heterocycles. The monoisotopic (exact) mass is 312 g/mol. The SMILES string of the molecule is CNCCC1COC(=O)N(c2ccccc2Br)C1. The molecule has 1 aromatic carbocycles. The molecule has 0 saturated carbocycles. The summed E-state index contributed by atoms with van der Waals surface area (Å²) >= 11 is 3.47. The van der Waals surface area contributed by atoms with Crippen LogP contribution in [0.2, 0.25) is 0 Å². The van der Waals surface area contributed by atoms with Crippen LogP contribution in [-0.4, -0.2) is 32.8 Å².